The lowest BCUT2D eigenvalue weighted by Crippen LogP contribution is -2.32. The highest BCUT2D eigenvalue weighted by molar-refractivity contribution is 9.10. The molecule has 0 bridgehead atoms. The number of nitro benzene ring substituents is 1. The number of carbonyl (C=O) groups is 2. The lowest BCUT2D eigenvalue weighted by atomic mass is 10.3. The number of carbonyl (C=O) groups excluding carboxylic acids is 2. The minimum absolute atomic E-state index is 0.0461. The van der Waals surface area contributed by atoms with Crippen molar-refractivity contribution in [1.82, 2.24) is 10.0 Å². The van der Waals surface area contributed by atoms with E-state index in [1.54, 1.807) is 0 Å². The monoisotopic (exact) mass is 433 g/mol. The Morgan fingerprint density at radius 1 is 1.32 bits per heavy atom. The van der Waals surface area contributed by atoms with Gasteiger partial charge in [-0.05, 0) is 47.3 Å². The van der Waals surface area contributed by atoms with E-state index in [-0.39, 0.29) is 34.2 Å². The van der Waals surface area contributed by atoms with E-state index in [9.17, 15) is 28.1 Å². The Morgan fingerprint density at radius 3 is 2.60 bits per heavy atom. The van der Waals surface area contributed by atoms with Gasteiger partial charge in [-0.3, -0.25) is 19.7 Å². The fourth-order valence-electron chi connectivity index (χ4n) is 2.01. The Bertz CT molecular complexity index is 807. The van der Waals surface area contributed by atoms with Crippen molar-refractivity contribution in [1.29, 1.82) is 0 Å². The maximum absolute atomic E-state index is 12.1. The van der Waals surface area contributed by atoms with Gasteiger partial charge < -0.3 is 5.32 Å². The molecule has 2 amide bonds. The van der Waals surface area contributed by atoms with E-state index < -0.39 is 26.5 Å². The number of nitrogens with one attached hydrogen (secondary N) is 2. The van der Waals surface area contributed by atoms with Crippen LogP contribution in [0.15, 0.2) is 27.6 Å². The second-order valence-corrected chi connectivity index (χ2v) is 8.10. The average molecular weight is 434 g/mol. The number of benzene rings is 1. The quantitative estimate of drug-likeness (QED) is 0.361. The van der Waals surface area contributed by atoms with Crippen molar-refractivity contribution in [2.75, 3.05) is 6.54 Å². The number of halogens is 1. The Kier molecular flexibility index (Phi) is 6.11. The first-order valence-electron chi connectivity index (χ1n) is 7.48. The van der Waals surface area contributed by atoms with Gasteiger partial charge in [0.15, 0.2) is 0 Å². The second kappa shape index (κ2) is 7.91. The van der Waals surface area contributed by atoms with Gasteiger partial charge in [0.2, 0.25) is 11.8 Å². The predicted octanol–water partition coefficient (Wildman–Crippen LogP) is 1.47. The largest absolute Gasteiger partial charge is 0.356 e. The number of sulfonamides is 1. The number of amides is 2. The minimum Gasteiger partial charge on any atom is -0.356 e. The van der Waals surface area contributed by atoms with Crippen molar-refractivity contribution < 1.29 is 22.9 Å². The summed E-state index contributed by atoms with van der Waals surface area (Å²) >= 11 is 2.96. The molecule has 1 saturated carbocycles. The van der Waals surface area contributed by atoms with Crippen LogP contribution in [-0.4, -0.2) is 31.7 Å². The van der Waals surface area contributed by atoms with Crippen LogP contribution in [0.2, 0.25) is 0 Å². The molecular formula is C14H16BrN3O6S. The highest BCUT2D eigenvalue weighted by Crippen LogP contribution is 2.29. The van der Waals surface area contributed by atoms with Gasteiger partial charge in [-0.2, -0.15) is 0 Å². The zero-order chi connectivity index (χ0) is 18.6. The predicted molar refractivity (Wildman–Crippen MR) is 91.1 cm³/mol. The van der Waals surface area contributed by atoms with E-state index in [0.717, 1.165) is 25.0 Å². The normalized spacial score (nSPS) is 14.0. The van der Waals surface area contributed by atoms with E-state index in [2.05, 4.69) is 21.2 Å². The summed E-state index contributed by atoms with van der Waals surface area (Å²) < 4.78 is 26.3. The van der Waals surface area contributed by atoms with Crippen molar-refractivity contribution in [3.8, 4) is 0 Å². The molecule has 0 atom stereocenters. The molecule has 25 heavy (non-hydrogen) atoms. The minimum atomic E-state index is -4.20. The van der Waals surface area contributed by atoms with Crippen LogP contribution in [0.1, 0.15) is 25.7 Å². The fourth-order valence-corrected chi connectivity index (χ4v) is 3.43. The van der Waals surface area contributed by atoms with Crippen molar-refractivity contribution in [2.45, 2.75) is 30.6 Å². The third kappa shape index (κ3) is 5.49. The molecule has 1 aromatic rings. The zero-order valence-corrected chi connectivity index (χ0v) is 15.4. The van der Waals surface area contributed by atoms with E-state index in [0.29, 0.717) is 6.42 Å². The highest BCUT2D eigenvalue weighted by atomic mass is 79.9. The van der Waals surface area contributed by atoms with Crippen LogP contribution in [0.25, 0.3) is 0 Å². The number of nitro groups is 1. The third-order valence-corrected chi connectivity index (χ3v) is 5.54. The highest BCUT2D eigenvalue weighted by Gasteiger charge is 2.29. The molecule has 1 fully saturated rings. The molecule has 2 N–H and O–H groups in total. The summed E-state index contributed by atoms with van der Waals surface area (Å²) in [4.78, 5) is 32.9. The molecule has 11 heteroatoms. The Hall–Kier alpha value is -2.01. The molecule has 0 saturated heterocycles. The maximum atomic E-state index is 12.1. The molecular weight excluding hydrogens is 418 g/mol. The molecule has 9 nitrogen and oxygen atoms in total. The Morgan fingerprint density at radius 2 is 2.00 bits per heavy atom. The van der Waals surface area contributed by atoms with Crippen LogP contribution in [0.5, 0.6) is 0 Å². The molecule has 0 radical (unpaired) electrons. The fraction of sp³-hybridized carbons (Fsp3) is 0.429. The van der Waals surface area contributed by atoms with Gasteiger partial charge in [0.05, 0.1) is 14.3 Å². The van der Waals surface area contributed by atoms with Crippen LogP contribution in [0, 0.1) is 16.0 Å². The summed E-state index contributed by atoms with van der Waals surface area (Å²) in [6.45, 7) is 0.284. The summed E-state index contributed by atoms with van der Waals surface area (Å²) in [7, 11) is -4.20. The third-order valence-electron chi connectivity index (χ3n) is 3.50. The van der Waals surface area contributed by atoms with Crippen molar-refractivity contribution in [2.24, 2.45) is 5.92 Å². The lowest BCUT2D eigenvalue weighted by molar-refractivity contribution is -0.385. The van der Waals surface area contributed by atoms with Crippen LogP contribution in [0.3, 0.4) is 0 Å². The number of nitrogens with zero attached hydrogens (tertiary/aromatic N) is 1. The van der Waals surface area contributed by atoms with Gasteiger partial charge in [0.1, 0.15) is 0 Å². The van der Waals surface area contributed by atoms with Crippen LogP contribution in [0.4, 0.5) is 5.69 Å². The summed E-state index contributed by atoms with van der Waals surface area (Å²) in [5, 5.41) is 13.5. The summed E-state index contributed by atoms with van der Waals surface area (Å²) in [5.41, 5.74) is -0.418. The van der Waals surface area contributed by atoms with Gasteiger partial charge >= 0.3 is 0 Å². The topological polar surface area (TPSA) is 135 Å². The van der Waals surface area contributed by atoms with Gasteiger partial charge in [-0.1, -0.05) is 0 Å². The first-order valence-corrected chi connectivity index (χ1v) is 9.75. The summed E-state index contributed by atoms with van der Waals surface area (Å²) in [6, 6.07) is 3.25. The molecule has 0 spiro atoms. The molecule has 0 aliphatic heterocycles. The number of rotatable bonds is 8. The van der Waals surface area contributed by atoms with Crippen LogP contribution < -0.4 is 10.0 Å². The molecule has 1 aromatic carbocycles. The number of hydrogen-bond acceptors (Lipinski definition) is 6. The zero-order valence-electron chi connectivity index (χ0n) is 13.0. The molecule has 0 unspecified atom stereocenters. The average Bonchev–Trinajstić information content (AvgIpc) is 3.35. The van der Waals surface area contributed by atoms with E-state index in [1.165, 1.54) is 6.07 Å². The van der Waals surface area contributed by atoms with Crippen molar-refractivity contribution >= 4 is 43.5 Å². The molecule has 0 aromatic heterocycles. The van der Waals surface area contributed by atoms with Crippen LogP contribution >= 0.6 is 15.9 Å². The van der Waals surface area contributed by atoms with Gasteiger partial charge in [-0.15, -0.1) is 0 Å². The molecule has 136 valence electrons. The van der Waals surface area contributed by atoms with E-state index in [1.807, 2.05) is 4.72 Å². The number of hydrogen-bond donors (Lipinski definition) is 2. The first-order chi connectivity index (χ1) is 11.7. The standard InChI is InChI=1S/C14H16BrN3O6S/c15-11-6-5-10(8-12(11)18(21)22)25(23,24)17-13(19)2-1-7-16-14(20)9-3-4-9/h5-6,8-9H,1-4,7H2,(H,16,20)(H,17,19). The molecule has 1 aliphatic rings. The Labute approximate surface area is 152 Å². The first kappa shape index (κ1) is 19.3. The van der Waals surface area contributed by atoms with Gasteiger partial charge in [-0.25, -0.2) is 13.1 Å². The lowest BCUT2D eigenvalue weighted by Gasteiger charge is -2.08. The molecule has 1 aliphatic carbocycles. The smallest absolute Gasteiger partial charge is 0.284 e. The van der Waals surface area contributed by atoms with Gasteiger partial charge in [0.25, 0.3) is 15.7 Å². The van der Waals surface area contributed by atoms with Crippen molar-refractivity contribution in [3.63, 3.8) is 0 Å². The SMILES string of the molecule is O=C(CCCNC(=O)C1CC1)NS(=O)(=O)c1ccc(Br)c([N+](=O)[O-])c1. The summed E-state index contributed by atoms with van der Waals surface area (Å²) in [6.07, 6.45) is 1.96. The van der Waals surface area contributed by atoms with Gasteiger partial charge in [0, 0.05) is 24.9 Å². The summed E-state index contributed by atoms with van der Waals surface area (Å²) in [5.74, 6) is -0.719. The Balaban J connectivity index is 1.89. The molecule has 2 rings (SSSR count). The maximum Gasteiger partial charge on any atom is 0.284 e. The second-order valence-electron chi connectivity index (χ2n) is 5.57. The van der Waals surface area contributed by atoms with E-state index >= 15 is 0 Å². The molecule has 0 heterocycles. The van der Waals surface area contributed by atoms with Crippen molar-refractivity contribution in [3.05, 3.63) is 32.8 Å². The van der Waals surface area contributed by atoms with Crippen LogP contribution in [-0.2, 0) is 19.6 Å². The van der Waals surface area contributed by atoms with E-state index in [4.69, 9.17) is 0 Å².